The first-order chi connectivity index (χ1) is 7.81. The van der Waals surface area contributed by atoms with E-state index in [1.165, 1.54) is 6.26 Å². The quantitative estimate of drug-likeness (QED) is 0.904. The van der Waals surface area contributed by atoms with Gasteiger partial charge in [0, 0.05) is 18.0 Å². The topological polar surface area (TPSA) is 55.4 Å². The van der Waals surface area contributed by atoms with Crippen molar-refractivity contribution in [1.29, 1.82) is 0 Å². The third-order valence-corrected chi connectivity index (χ3v) is 3.84. The molecule has 0 bridgehead atoms. The fourth-order valence-corrected chi connectivity index (χ4v) is 3.07. The number of ether oxygens (including phenoxy) is 1. The Kier molecular flexibility index (Phi) is 4.82. The second kappa shape index (κ2) is 5.73. The van der Waals surface area contributed by atoms with Crippen LogP contribution in [0.3, 0.4) is 0 Å². The number of methoxy groups -OCH3 is 1. The number of sulfone groups is 1. The van der Waals surface area contributed by atoms with Gasteiger partial charge in [-0.1, -0.05) is 0 Å². The van der Waals surface area contributed by atoms with Gasteiger partial charge in [0.2, 0.25) is 0 Å². The fraction of sp³-hybridized carbons (Fsp3) is 0.455. The lowest BCUT2D eigenvalue weighted by atomic mass is 10.2. The van der Waals surface area contributed by atoms with Crippen LogP contribution in [0, 0.1) is 0 Å². The molecule has 0 fully saturated rings. The van der Waals surface area contributed by atoms with E-state index >= 15 is 0 Å². The monoisotopic (exact) mass is 321 g/mol. The number of anilines is 1. The van der Waals surface area contributed by atoms with Gasteiger partial charge in [-0.2, -0.15) is 0 Å². The number of hydrogen-bond donors (Lipinski definition) is 1. The minimum absolute atomic E-state index is 0.108. The molecular weight excluding hydrogens is 306 g/mol. The van der Waals surface area contributed by atoms with E-state index in [0.29, 0.717) is 0 Å². The molecule has 1 N–H and O–H groups in total. The number of benzene rings is 1. The van der Waals surface area contributed by atoms with Crippen molar-refractivity contribution in [1.82, 2.24) is 0 Å². The summed E-state index contributed by atoms with van der Waals surface area (Å²) in [4.78, 5) is 0. The van der Waals surface area contributed by atoms with E-state index in [9.17, 15) is 8.42 Å². The van der Waals surface area contributed by atoms with Crippen LogP contribution in [0.2, 0.25) is 0 Å². The summed E-state index contributed by atoms with van der Waals surface area (Å²) in [6.45, 7) is 1.83. The minimum Gasteiger partial charge on any atom is -0.496 e. The number of hydrogen-bond acceptors (Lipinski definition) is 4. The predicted octanol–water partition coefficient (Wildman–Crippen LogP) is 2.30. The van der Waals surface area contributed by atoms with Crippen molar-refractivity contribution in [3.63, 3.8) is 0 Å². The van der Waals surface area contributed by atoms with Crippen molar-refractivity contribution < 1.29 is 13.2 Å². The Morgan fingerprint density at radius 3 is 2.59 bits per heavy atom. The Morgan fingerprint density at radius 2 is 2.12 bits per heavy atom. The number of rotatable bonds is 5. The van der Waals surface area contributed by atoms with E-state index in [4.69, 9.17) is 4.74 Å². The second-order valence-corrected chi connectivity index (χ2v) is 7.03. The molecule has 96 valence electrons. The molecule has 0 aliphatic carbocycles. The summed E-state index contributed by atoms with van der Waals surface area (Å²) in [5.41, 5.74) is 0.855. The predicted molar refractivity (Wildman–Crippen MR) is 73.5 cm³/mol. The molecule has 1 aromatic carbocycles. The molecular formula is C11H16BrNO3S. The van der Waals surface area contributed by atoms with Gasteiger partial charge in [-0.05, 0) is 41.1 Å². The van der Waals surface area contributed by atoms with E-state index in [1.54, 1.807) is 7.11 Å². The zero-order chi connectivity index (χ0) is 13.1. The summed E-state index contributed by atoms with van der Waals surface area (Å²) in [5.74, 6) is 0.850. The molecule has 0 spiro atoms. The van der Waals surface area contributed by atoms with Crippen LogP contribution in [0.25, 0.3) is 0 Å². The van der Waals surface area contributed by atoms with Crippen LogP contribution in [0.15, 0.2) is 22.7 Å². The van der Waals surface area contributed by atoms with E-state index in [1.807, 2.05) is 25.1 Å². The summed E-state index contributed by atoms with van der Waals surface area (Å²) in [5, 5.41) is 3.13. The summed E-state index contributed by atoms with van der Waals surface area (Å²) in [6.07, 6.45) is 1.23. The van der Waals surface area contributed by atoms with Crippen LogP contribution >= 0.6 is 15.9 Å². The van der Waals surface area contributed by atoms with Crippen LogP contribution in [-0.4, -0.2) is 33.6 Å². The molecule has 0 saturated heterocycles. The smallest absolute Gasteiger partial charge is 0.149 e. The molecule has 4 nitrogen and oxygen atoms in total. The zero-order valence-corrected chi connectivity index (χ0v) is 12.4. The molecule has 0 saturated carbocycles. The molecule has 1 atom stereocenters. The number of halogens is 1. The van der Waals surface area contributed by atoms with Gasteiger partial charge in [0.15, 0.2) is 0 Å². The van der Waals surface area contributed by atoms with Crippen molar-refractivity contribution in [2.45, 2.75) is 13.0 Å². The lowest BCUT2D eigenvalue weighted by Gasteiger charge is -2.15. The van der Waals surface area contributed by atoms with Crippen LogP contribution < -0.4 is 10.1 Å². The Hall–Kier alpha value is -0.750. The highest BCUT2D eigenvalue weighted by atomic mass is 79.9. The Bertz CT molecular complexity index is 487. The van der Waals surface area contributed by atoms with Gasteiger partial charge >= 0.3 is 0 Å². The first-order valence-electron chi connectivity index (χ1n) is 5.09. The van der Waals surface area contributed by atoms with Gasteiger partial charge in [0.05, 0.1) is 17.3 Å². The van der Waals surface area contributed by atoms with E-state index in [-0.39, 0.29) is 11.8 Å². The standard InChI is InChI=1S/C11H16BrNO3S/c1-8(7-17(3,14)15)13-9-4-5-11(16-2)10(12)6-9/h4-6,8,13H,7H2,1-3H3. The highest BCUT2D eigenvalue weighted by molar-refractivity contribution is 9.10. The Morgan fingerprint density at radius 1 is 1.47 bits per heavy atom. The molecule has 1 unspecified atom stereocenters. The van der Waals surface area contributed by atoms with E-state index < -0.39 is 9.84 Å². The van der Waals surface area contributed by atoms with Gasteiger partial charge < -0.3 is 10.1 Å². The molecule has 0 aliphatic rings. The summed E-state index contributed by atoms with van der Waals surface area (Å²) >= 11 is 3.38. The summed E-state index contributed by atoms with van der Waals surface area (Å²) < 4.78 is 28.2. The van der Waals surface area contributed by atoms with Crippen LogP contribution in [0.4, 0.5) is 5.69 Å². The van der Waals surface area contributed by atoms with Crippen LogP contribution in [0.1, 0.15) is 6.92 Å². The zero-order valence-electron chi connectivity index (χ0n) is 10.0. The average molecular weight is 322 g/mol. The molecule has 0 amide bonds. The third kappa shape index (κ3) is 4.95. The number of nitrogens with one attached hydrogen (secondary N) is 1. The third-order valence-electron chi connectivity index (χ3n) is 2.12. The Labute approximate surface area is 110 Å². The fourth-order valence-electron chi connectivity index (χ4n) is 1.54. The second-order valence-electron chi connectivity index (χ2n) is 3.99. The molecule has 17 heavy (non-hydrogen) atoms. The van der Waals surface area contributed by atoms with Crippen molar-refractivity contribution in [2.24, 2.45) is 0 Å². The minimum atomic E-state index is -2.97. The van der Waals surface area contributed by atoms with Gasteiger partial charge in [-0.3, -0.25) is 0 Å². The largest absolute Gasteiger partial charge is 0.496 e. The van der Waals surface area contributed by atoms with Gasteiger partial charge in [-0.15, -0.1) is 0 Å². The van der Waals surface area contributed by atoms with Crippen molar-refractivity contribution in [3.05, 3.63) is 22.7 Å². The first kappa shape index (κ1) is 14.3. The molecule has 0 heterocycles. The van der Waals surface area contributed by atoms with Gasteiger partial charge in [0.25, 0.3) is 0 Å². The lowest BCUT2D eigenvalue weighted by Crippen LogP contribution is -2.24. The molecule has 0 aliphatic heterocycles. The maximum Gasteiger partial charge on any atom is 0.149 e. The van der Waals surface area contributed by atoms with Crippen LogP contribution in [0.5, 0.6) is 5.75 Å². The normalized spacial score (nSPS) is 13.2. The average Bonchev–Trinajstić information content (AvgIpc) is 2.14. The van der Waals surface area contributed by atoms with Crippen molar-refractivity contribution in [2.75, 3.05) is 24.4 Å². The highest BCUT2D eigenvalue weighted by Crippen LogP contribution is 2.27. The van der Waals surface area contributed by atoms with E-state index in [2.05, 4.69) is 21.2 Å². The Balaban J connectivity index is 2.72. The molecule has 1 aromatic rings. The highest BCUT2D eigenvalue weighted by Gasteiger charge is 2.10. The maximum absolute atomic E-state index is 11.1. The first-order valence-corrected chi connectivity index (χ1v) is 7.95. The van der Waals surface area contributed by atoms with E-state index in [0.717, 1.165) is 15.9 Å². The van der Waals surface area contributed by atoms with Crippen LogP contribution in [-0.2, 0) is 9.84 Å². The SMILES string of the molecule is COc1ccc(NC(C)CS(C)(=O)=O)cc1Br. The molecule has 0 radical (unpaired) electrons. The lowest BCUT2D eigenvalue weighted by molar-refractivity contribution is 0.412. The molecule has 6 heteroatoms. The van der Waals surface area contributed by atoms with Gasteiger partial charge in [-0.25, -0.2) is 8.42 Å². The summed E-state index contributed by atoms with van der Waals surface area (Å²) in [7, 11) is -1.37. The maximum atomic E-state index is 11.1. The molecule has 0 aromatic heterocycles. The van der Waals surface area contributed by atoms with Gasteiger partial charge in [0.1, 0.15) is 15.6 Å². The van der Waals surface area contributed by atoms with Crippen molar-refractivity contribution in [3.8, 4) is 5.75 Å². The van der Waals surface area contributed by atoms with Crippen molar-refractivity contribution >= 4 is 31.5 Å². The summed E-state index contributed by atoms with van der Waals surface area (Å²) in [6, 6.07) is 5.39. The molecule has 1 rings (SSSR count).